The number of rotatable bonds is 0. The third-order valence-electron chi connectivity index (χ3n) is 3.41. The number of fused-ring (bicyclic) bond motifs is 1. The molecule has 0 radical (unpaired) electrons. The smallest absolute Gasteiger partial charge is 0.252 e. The summed E-state index contributed by atoms with van der Waals surface area (Å²) in [4.78, 5) is 1.56. The predicted molar refractivity (Wildman–Crippen MR) is 49.3 cm³/mol. The van der Waals surface area contributed by atoms with Crippen LogP contribution in [-0.4, -0.2) is 29.9 Å². The van der Waals surface area contributed by atoms with Crippen LogP contribution in [0.1, 0.15) is 19.3 Å². The maximum absolute atomic E-state index is 13.5. The second-order valence-electron chi connectivity index (χ2n) is 4.31. The first kappa shape index (κ1) is 9.68. The molecule has 0 unspecified atom stereocenters. The van der Waals surface area contributed by atoms with Crippen molar-refractivity contribution in [1.82, 2.24) is 4.90 Å². The Morgan fingerprint density at radius 2 is 2.14 bits per heavy atom. The molecule has 5 heteroatoms. The van der Waals surface area contributed by atoms with Crippen LogP contribution in [0.2, 0.25) is 0 Å². The third kappa shape index (κ3) is 1.44. The van der Waals surface area contributed by atoms with Crippen LogP contribution in [0.5, 0.6) is 0 Å². The number of nitrogens with zero attached hydrogens (tertiary/aromatic N) is 1. The molecule has 0 aromatic carbocycles. The van der Waals surface area contributed by atoms with Crippen LogP contribution in [0.3, 0.4) is 0 Å². The van der Waals surface area contributed by atoms with Crippen molar-refractivity contribution in [1.29, 1.82) is 5.41 Å². The van der Waals surface area contributed by atoms with E-state index in [0.29, 0.717) is 13.0 Å². The van der Waals surface area contributed by atoms with Gasteiger partial charge in [-0.05, 0) is 18.8 Å². The van der Waals surface area contributed by atoms with Crippen molar-refractivity contribution in [2.75, 3.05) is 13.1 Å². The van der Waals surface area contributed by atoms with Gasteiger partial charge in [-0.15, -0.1) is 0 Å². The fourth-order valence-corrected chi connectivity index (χ4v) is 2.62. The van der Waals surface area contributed by atoms with Crippen LogP contribution in [0, 0.1) is 17.2 Å². The van der Waals surface area contributed by atoms with Gasteiger partial charge in [0.2, 0.25) is 0 Å². The maximum atomic E-state index is 13.5. The summed E-state index contributed by atoms with van der Waals surface area (Å²) in [6.07, 6.45) is 1.45. The number of hydrogen-bond donors (Lipinski definition) is 2. The van der Waals surface area contributed by atoms with E-state index in [1.807, 2.05) is 0 Å². The molecule has 14 heavy (non-hydrogen) atoms. The van der Waals surface area contributed by atoms with Crippen LogP contribution < -0.4 is 5.73 Å². The van der Waals surface area contributed by atoms with Crippen molar-refractivity contribution in [2.45, 2.75) is 25.2 Å². The minimum Gasteiger partial charge on any atom is -0.370 e. The zero-order valence-electron chi connectivity index (χ0n) is 7.97. The van der Waals surface area contributed by atoms with E-state index in [-0.39, 0.29) is 24.8 Å². The molecule has 80 valence electrons. The Bertz CT molecular complexity index is 254. The van der Waals surface area contributed by atoms with E-state index in [9.17, 15) is 8.78 Å². The van der Waals surface area contributed by atoms with Crippen molar-refractivity contribution in [2.24, 2.45) is 17.6 Å². The van der Waals surface area contributed by atoms with Crippen molar-refractivity contribution in [3.05, 3.63) is 0 Å². The SMILES string of the molecule is N=C(N)N1C[C@@H]2CCCC(F)(F)[C@@H]2C1. The number of guanidine groups is 1. The molecule has 1 aliphatic heterocycles. The quantitative estimate of drug-likeness (QED) is 0.460. The molecule has 2 atom stereocenters. The molecule has 0 aromatic heterocycles. The number of likely N-dealkylation sites (tertiary alicyclic amines) is 1. The number of halogens is 2. The van der Waals surface area contributed by atoms with E-state index in [0.717, 1.165) is 6.42 Å². The van der Waals surface area contributed by atoms with Gasteiger partial charge in [-0.2, -0.15) is 0 Å². The summed E-state index contributed by atoms with van der Waals surface area (Å²) >= 11 is 0. The Hall–Kier alpha value is -0.870. The zero-order chi connectivity index (χ0) is 10.3. The van der Waals surface area contributed by atoms with Crippen molar-refractivity contribution in [3.63, 3.8) is 0 Å². The standard InChI is InChI=1S/C9H15F2N3/c10-9(11)3-1-2-6-4-14(8(12)13)5-7(6)9/h6-7H,1-5H2,(H3,12,13)/t6-,7+/m0/s1. The molecular formula is C9H15F2N3. The van der Waals surface area contributed by atoms with Gasteiger partial charge in [0, 0.05) is 25.4 Å². The molecule has 1 saturated heterocycles. The second-order valence-corrected chi connectivity index (χ2v) is 4.31. The van der Waals surface area contributed by atoms with Crippen LogP contribution in [-0.2, 0) is 0 Å². The molecule has 3 N–H and O–H groups in total. The molecule has 2 rings (SSSR count). The molecule has 1 aliphatic carbocycles. The molecule has 1 saturated carbocycles. The third-order valence-corrected chi connectivity index (χ3v) is 3.41. The summed E-state index contributed by atoms with van der Waals surface area (Å²) in [6, 6.07) is 0. The van der Waals surface area contributed by atoms with E-state index in [4.69, 9.17) is 11.1 Å². The first-order valence-corrected chi connectivity index (χ1v) is 4.97. The van der Waals surface area contributed by atoms with E-state index in [1.54, 1.807) is 4.90 Å². The summed E-state index contributed by atoms with van der Waals surface area (Å²) in [6.45, 7) is 0.794. The highest BCUT2D eigenvalue weighted by atomic mass is 19.3. The van der Waals surface area contributed by atoms with Gasteiger partial charge >= 0.3 is 0 Å². The number of hydrogen-bond acceptors (Lipinski definition) is 1. The summed E-state index contributed by atoms with van der Waals surface area (Å²) in [7, 11) is 0. The fourth-order valence-electron chi connectivity index (χ4n) is 2.62. The van der Waals surface area contributed by atoms with Gasteiger partial charge < -0.3 is 10.6 Å². The highest BCUT2D eigenvalue weighted by Gasteiger charge is 2.51. The lowest BCUT2D eigenvalue weighted by Crippen LogP contribution is -2.38. The lowest BCUT2D eigenvalue weighted by molar-refractivity contribution is -0.0940. The maximum Gasteiger partial charge on any atom is 0.252 e. The highest BCUT2D eigenvalue weighted by Crippen LogP contribution is 2.45. The molecule has 1 heterocycles. The Balaban J connectivity index is 2.12. The lowest BCUT2D eigenvalue weighted by Gasteiger charge is -2.32. The Kier molecular flexibility index (Phi) is 2.12. The van der Waals surface area contributed by atoms with Gasteiger partial charge in [0.25, 0.3) is 5.92 Å². The molecular weight excluding hydrogens is 188 g/mol. The van der Waals surface area contributed by atoms with Crippen molar-refractivity contribution < 1.29 is 8.78 Å². The van der Waals surface area contributed by atoms with Crippen molar-refractivity contribution in [3.8, 4) is 0 Å². The summed E-state index contributed by atoms with van der Waals surface area (Å²) in [5.41, 5.74) is 5.30. The van der Waals surface area contributed by atoms with E-state index >= 15 is 0 Å². The minimum atomic E-state index is -2.55. The van der Waals surface area contributed by atoms with E-state index in [1.165, 1.54) is 0 Å². The molecule has 0 aromatic rings. The Morgan fingerprint density at radius 3 is 2.71 bits per heavy atom. The highest BCUT2D eigenvalue weighted by molar-refractivity contribution is 5.74. The van der Waals surface area contributed by atoms with Gasteiger partial charge in [0.15, 0.2) is 5.96 Å². The van der Waals surface area contributed by atoms with Crippen LogP contribution in [0.15, 0.2) is 0 Å². The summed E-state index contributed by atoms with van der Waals surface area (Å²) in [5.74, 6) is -3.18. The van der Waals surface area contributed by atoms with E-state index < -0.39 is 11.8 Å². The molecule has 2 fully saturated rings. The second kappa shape index (κ2) is 3.07. The first-order valence-electron chi connectivity index (χ1n) is 4.97. The Labute approximate surface area is 81.8 Å². The van der Waals surface area contributed by atoms with E-state index in [2.05, 4.69) is 0 Å². The lowest BCUT2D eigenvalue weighted by atomic mass is 9.79. The molecule has 3 nitrogen and oxygen atoms in total. The average molecular weight is 203 g/mol. The zero-order valence-corrected chi connectivity index (χ0v) is 7.97. The number of alkyl halides is 2. The fraction of sp³-hybridized carbons (Fsp3) is 0.889. The monoisotopic (exact) mass is 203 g/mol. The van der Waals surface area contributed by atoms with Gasteiger partial charge in [-0.3, -0.25) is 5.41 Å². The molecule has 2 aliphatic rings. The number of nitrogens with two attached hydrogens (primary N) is 1. The average Bonchev–Trinajstić information content (AvgIpc) is 2.48. The van der Waals surface area contributed by atoms with Gasteiger partial charge in [-0.25, -0.2) is 8.78 Å². The van der Waals surface area contributed by atoms with Gasteiger partial charge in [0.05, 0.1) is 0 Å². The Morgan fingerprint density at radius 1 is 1.43 bits per heavy atom. The molecule has 0 bridgehead atoms. The largest absolute Gasteiger partial charge is 0.370 e. The van der Waals surface area contributed by atoms with Gasteiger partial charge in [0.1, 0.15) is 0 Å². The molecule has 0 spiro atoms. The minimum absolute atomic E-state index is 0.0000879. The summed E-state index contributed by atoms with van der Waals surface area (Å²) < 4.78 is 26.9. The summed E-state index contributed by atoms with van der Waals surface area (Å²) in [5, 5.41) is 7.23. The number of nitrogens with one attached hydrogen (secondary N) is 1. The topological polar surface area (TPSA) is 53.1 Å². The van der Waals surface area contributed by atoms with Crippen LogP contribution in [0.4, 0.5) is 8.78 Å². The first-order chi connectivity index (χ1) is 6.50. The van der Waals surface area contributed by atoms with Gasteiger partial charge in [-0.1, -0.05) is 0 Å². The van der Waals surface area contributed by atoms with Crippen LogP contribution in [0.25, 0.3) is 0 Å². The normalized spacial score (nSPS) is 35.4. The van der Waals surface area contributed by atoms with Crippen LogP contribution >= 0.6 is 0 Å². The van der Waals surface area contributed by atoms with Crippen molar-refractivity contribution >= 4 is 5.96 Å². The predicted octanol–water partition coefficient (Wildman–Crippen LogP) is 1.25. The molecule has 0 amide bonds.